The lowest BCUT2D eigenvalue weighted by atomic mass is 10.2. The number of rotatable bonds is 7. The number of piperazine rings is 1. The number of benzene rings is 1. The van der Waals surface area contributed by atoms with Crippen LogP contribution in [-0.2, 0) is 31.5 Å². The van der Waals surface area contributed by atoms with Crippen LogP contribution in [0.4, 0.5) is 5.95 Å². The first-order valence-corrected chi connectivity index (χ1v) is 10.8. The second kappa shape index (κ2) is 9.85. The highest BCUT2D eigenvalue weighted by Crippen LogP contribution is 2.20. The van der Waals surface area contributed by atoms with Crippen molar-refractivity contribution < 1.29 is 4.74 Å². The largest absolute Gasteiger partial charge is 0.375 e. The van der Waals surface area contributed by atoms with E-state index < -0.39 is 5.69 Å². The van der Waals surface area contributed by atoms with Gasteiger partial charge in [0.05, 0.1) is 26.3 Å². The van der Waals surface area contributed by atoms with Gasteiger partial charge in [0.25, 0.3) is 5.56 Å². The maximum Gasteiger partial charge on any atom is 0.332 e. The highest BCUT2D eigenvalue weighted by atomic mass is 16.5. The van der Waals surface area contributed by atoms with Gasteiger partial charge in [-0.05, 0) is 12.5 Å². The molecule has 1 aliphatic rings. The minimum absolute atomic E-state index is 0.169. The molecule has 0 amide bonds. The number of ether oxygens (including phenoxy) is 1. The van der Waals surface area contributed by atoms with E-state index in [0.717, 1.165) is 31.7 Å². The van der Waals surface area contributed by atoms with E-state index in [4.69, 9.17) is 9.72 Å². The maximum absolute atomic E-state index is 13.4. The van der Waals surface area contributed by atoms with Gasteiger partial charge in [0, 0.05) is 33.2 Å². The van der Waals surface area contributed by atoms with E-state index in [0.29, 0.717) is 30.3 Å². The van der Waals surface area contributed by atoms with Crippen molar-refractivity contribution >= 4 is 17.1 Å². The molecule has 1 aromatic carbocycles. The van der Waals surface area contributed by atoms with E-state index in [-0.39, 0.29) is 18.7 Å². The molecule has 0 spiro atoms. The first-order valence-electron chi connectivity index (χ1n) is 10.8. The van der Waals surface area contributed by atoms with Crippen molar-refractivity contribution in [2.75, 3.05) is 37.7 Å². The molecule has 4 rings (SSSR count). The Morgan fingerprint density at radius 1 is 1.12 bits per heavy atom. The lowest BCUT2D eigenvalue weighted by Crippen LogP contribution is -2.44. The van der Waals surface area contributed by atoms with E-state index in [1.165, 1.54) is 9.13 Å². The number of hydrogen-bond donors (Lipinski definition) is 1. The smallest absolute Gasteiger partial charge is 0.332 e. The second-order valence-corrected chi connectivity index (χ2v) is 7.67. The number of hydrogen-bond acceptors (Lipinski definition) is 6. The Morgan fingerprint density at radius 3 is 2.59 bits per heavy atom. The van der Waals surface area contributed by atoms with Crippen LogP contribution in [0.3, 0.4) is 0 Å². The van der Waals surface area contributed by atoms with Crippen molar-refractivity contribution in [2.24, 2.45) is 7.05 Å². The van der Waals surface area contributed by atoms with Gasteiger partial charge in [-0.3, -0.25) is 18.5 Å². The molecule has 168 valence electrons. The third-order valence-corrected chi connectivity index (χ3v) is 5.60. The van der Waals surface area contributed by atoms with E-state index in [1.807, 2.05) is 34.9 Å². The molecule has 2 aromatic heterocycles. The average Bonchev–Trinajstić information content (AvgIpc) is 3.22. The van der Waals surface area contributed by atoms with Gasteiger partial charge in [0.2, 0.25) is 5.95 Å². The minimum atomic E-state index is -0.399. The van der Waals surface area contributed by atoms with Crippen molar-refractivity contribution in [3.05, 3.63) is 56.7 Å². The van der Waals surface area contributed by atoms with E-state index in [2.05, 4.69) is 22.1 Å². The molecule has 9 heteroatoms. The molecule has 1 aliphatic heterocycles. The summed E-state index contributed by atoms with van der Waals surface area (Å²) >= 11 is 0. The fourth-order valence-corrected chi connectivity index (χ4v) is 3.89. The summed E-state index contributed by atoms with van der Waals surface area (Å²) in [5.41, 5.74) is 1.06. The van der Waals surface area contributed by atoms with Crippen molar-refractivity contribution in [2.45, 2.75) is 26.6 Å². The summed E-state index contributed by atoms with van der Waals surface area (Å²) in [5, 5.41) is 3.32. The summed E-state index contributed by atoms with van der Waals surface area (Å²) in [5.74, 6) is 6.61. The lowest BCUT2D eigenvalue weighted by molar-refractivity contribution is 0.111. The molecular formula is C23H28N6O3. The molecule has 3 heterocycles. The van der Waals surface area contributed by atoms with E-state index in [1.54, 1.807) is 14.0 Å². The van der Waals surface area contributed by atoms with Gasteiger partial charge < -0.3 is 15.0 Å². The standard InChI is InChI=1S/C23H28N6O3/c1-3-4-12-28-19-20(25-22(28)27-13-10-24-11-14-27)26(2)23(31)29(21(19)30)15-16-32-17-18-8-6-5-7-9-18/h5-9,24H,10-17H2,1-2H3. The molecule has 9 nitrogen and oxygen atoms in total. The number of aryl methyl sites for hydroxylation is 1. The highest BCUT2D eigenvalue weighted by Gasteiger charge is 2.24. The van der Waals surface area contributed by atoms with E-state index >= 15 is 0 Å². The van der Waals surface area contributed by atoms with Crippen molar-refractivity contribution in [1.29, 1.82) is 0 Å². The molecular weight excluding hydrogens is 408 g/mol. The number of nitrogens with one attached hydrogen (secondary N) is 1. The molecule has 0 unspecified atom stereocenters. The summed E-state index contributed by atoms with van der Waals surface area (Å²) in [4.78, 5) is 33.2. The average molecular weight is 437 g/mol. The summed E-state index contributed by atoms with van der Waals surface area (Å²) in [7, 11) is 1.65. The summed E-state index contributed by atoms with van der Waals surface area (Å²) in [6, 6.07) is 9.79. The van der Waals surface area contributed by atoms with Gasteiger partial charge >= 0.3 is 5.69 Å². The normalized spacial score (nSPS) is 13.9. The Kier molecular flexibility index (Phi) is 6.73. The van der Waals surface area contributed by atoms with Crippen LogP contribution in [0, 0.1) is 11.8 Å². The van der Waals surface area contributed by atoms with E-state index in [9.17, 15) is 9.59 Å². The molecule has 0 atom stereocenters. The van der Waals surface area contributed by atoms with Crippen LogP contribution in [-0.4, -0.2) is 51.5 Å². The maximum atomic E-state index is 13.4. The summed E-state index contributed by atoms with van der Waals surface area (Å²) in [6.07, 6.45) is 0. The van der Waals surface area contributed by atoms with Gasteiger partial charge in [-0.2, -0.15) is 4.98 Å². The van der Waals surface area contributed by atoms with Crippen molar-refractivity contribution in [3.63, 3.8) is 0 Å². The van der Waals surface area contributed by atoms with Crippen LogP contribution < -0.4 is 21.5 Å². The predicted molar refractivity (Wildman–Crippen MR) is 124 cm³/mol. The molecule has 0 aliphatic carbocycles. The first kappa shape index (κ1) is 21.9. The van der Waals surface area contributed by atoms with Crippen LogP contribution in [0.2, 0.25) is 0 Å². The van der Waals surface area contributed by atoms with Gasteiger partial charge in [-0.25, -0.2) is 4.79 Å². The first-order chi connectivity index (χ1) is 15.6. The quantitative estimate of drug-likeness (QED) is 0.430. The van der Waals surface area contributed by atoms with Crippen LogP contribution in [0.25, 0.3) is 11.2 Å². The minimum Gasteiger partial charge on any atom is -0.375 e. The highest BCUT2D eigenvalue weighted by molar-refractivity contribution is 5.74. The number of anilines is 1. The number of fused-ring (bicyclic) bond motifs is 1. The Morgan fingerprint density at radius 2 is 1.88 bits per heavy atom. The fraction of sp³-hybridized carbons (Fsp3) is 0.435. The monoisotopic (exact) mass is 436 g/mol. The van der Waals surface area contributed by atoms with Crippen LogP contribution in [0.1, 0.15) is 12.5 Å². The molecule has 0 saturated carbocycles. The van der Waals surface area contributed by atoms with Crippen molar-refractivity contribution in [1.82, 2.24) is 24.0 Å². The topological polar surface area (TPSA) is 86.3 Å². The molecule has 3 aromatic rings. The molecule has 0 bridgehead atoms. The Balaban J connectivity index is 1.68. The molecule has 0 radical (unpaired) electrons. The van der Waals surface area contributed by atoms with Gasteiger partial charge in [-0.15, -0.1) is 5.92 Å². The SMILES string of the molecule is CC#CCn1c(N2CCNCC2)nc2c1c(=O)n(CCOCc1ccccc1)c(=O)n2C. The Labute approximate surface area is 186 Å². The zero-order valence-corrected chi connectivity index (χ0v) is 18.5. The predicted octanol–water partition coefficient (Wildman–Crippen LogP) is 0.546. The summed E-state index contributed by atoms with van der Waals surface area (Å²) < 4.78 is 10.2. The summed E-state index contributed by atoms with van der Waals surface area (Å²) in [6.45, 7) is 6.18. The number of imidazole rings is 1. The second-order valence-electron chi connectivity index (χ2n) is 7.67. The van der Waals surface area contributed by atoms with Gasteiger partial charge in [0.15, 0.2) is 11.2 Å². The Bertz CT molecular complexity index is 1260. The van der Waals surface area contributed by atoms with Crippen LogP contribution >= 0.6 is 0 Å². The third kappa shape index (κ3) is 4.33. The number of nitrogens with zero attached hydrogens (tertiary/aromatic N) is 5. The number of aromatic nitrogens is 4. The van der Waals surface area contributed by atoms with Crippen LogP contribution in [0.15, 0.2) is 39.9 Å². The third-order valence-electron chi connectivity index (χ3n) is 5.60. The van der Waals surface area contributed by atoms with Crippen LogP contribution in [0.5, 0.6) is 0 Å². The molecule has 1 N–H and O–H groups in total. The lowest BCUT2D eigenvalue weighted by Gasteiger charge is -2.28. The molecule has 1 saturated heterocycles. The molecule has 1 fully saturated rings. The fourth-order valence-electron chi connectivity index (χ4n) is 3.89. The van der Waals surface area contributed by atoms with Gasteiger partial charge in [0.1, 0.15) is 0 Å². The zero-order valence-electron chi connectivity index (χ0n) is 18.5. The van der Waals surface area contributed by atoms with Crippen molar-refractivity contribution in [3.8, 4) is 11.8 Å². The molecule has 32 heavy (non-hydrogen) atoms. The Hall–Kier alpha value is -3.35. The van der Waals surface area contributed by atoms with Gasteiger partial charge in [-0.1, -0.05) is 36.3 Å². The zero-order chi connectivity index (χ0) is 22.5.